The second-order valence-electron chi connectivity index (χ2n) is 8.07. The zero-order chi connectivity index (χ0) is 29.2. The van der Waals surface area contributed by atoms with Gasteiger partial charge in [0.2, 0.25) is 10.6 Å². The molecule has 2 saturated carbocycles. The fourth-order valence-electron chi connectivity index (χ4n) is 3.08. The minimum Gasteiger partial charge on any atom is -0.481 e. The van der Waals surface area contributed by atoms with Gasteiger partial charge in [0.25, 0.3) is 5.97 Å². The zero-order valence-electron chi connectivity index (χ0n) is 21.3. The van der Waals surface area contributed by atoms with Gasteiger partial charge in [-0.3, -0.25) is 25.5 Å². The number of carbonyl (C=O) groups is 1. The monoisotopic (exact) mass is 636 g/mol. The van der Waals surface area contributed by atoms with E-state index in [9.17, 15) is 0 Å². The van der Waals surface area contributed by atoms with Crippen molar-refractivity contribution in [3.05, 3.63) is 10.6 Å². The predicted molar refractivity (Wildman–Crippen MR) is 151 cm³/mol. The highest BCUT2D eigenvalue weighted by Gasteiger charge is 2.25. The van der Waals surface area contributed by atoms with E-state index in [1.807, 2.05) is 6.26 Å². The number of thioether (sulfide) groups is 1. The van der Waals surface area contributed by atoms with E-state index in [-0.39, 0.29) is 10.6 Å². The van der Waals surface area contributed by atoms with Crippen LogP contribution in [-0.2, 0) is 14.0 Å². The highest BCUT2D eigenvalue weighted by Crippen LogP contribution is 2.34. The number of hydrogen-bond donors (Lipinski definition) is 7. The third-order valence-electron chi connectivity index (χ3n) is 4.93. The van der Waals surface area contributed by atoms with E-state index in [0.717, 1.165) is 53.4 Å². The molecule has 0 spiro atoms. The van der Waals surface area contributed by atoms with Crippen LogP contribution in [0.25, 0.3) is 22.1 Å². The molecule has 16 nitrogen and oxygen atoms in total. The van der Waals surface area contributed by atoms with Crippen LogP contribution in [0.4, 0.5) is 11.6 Å². The van der Waals surface area contributed by atoms with Crippen LogP contribution in [0.2, 0.25) is 10.6 Å². The van der Waals surface area contributed by atoms with E-state index in [1.165, 1.54) is 20.0 Å². The molecule has 218 valence electrons. The average Bonchev–Trinajstić information content (AvgIpc) is 3.83. The van der Waals surface area contributed by atoms with Crippen LogP contribution in [0, 0.1) is 0 Å². The number of nitrogens with one attached hydrogen (secondary N) is 4. The van der Waals surface area contributed by atoms with Gasteiger partial charge >= 0.3 is 0 Å². The van der Waals surface area contributed by atoms with Gasteiger partial charge in [0.05, 0.1) is 29.9 Å². The summed E-state index contributed by atoms with van der Waals surface area (Å²) in [6.07, 6.45) is 6.63. The van der Waals surface area contributed by atoms with Gasteiger partial charge in [-0.15, -0.1) is 11.8 Å². The number of rotatable bonds is 8. The largest absolute Gasteiger partial charge is 0.481 e. The smallest absolute Gasteiger partial charge is 0.300 e. The molecule has 0 aromatic carbocycles. The van der Waals surface area contributed by atoms with Crippen molar-refractivity contribution in [1.29, 1.82) is 0 Å². The number of fused-ring (bicyclic) bond motifs is 2. The molecule has 40 heavy (non-hydrogen) atoms. The summed E-state index contributed by atoms with van der Waals surface area (Å²) in [5, 5.41) is 43.6. The van der Waals surface area contributed by atoms with Gasteiger partial charge in [-0.25, -0.2) is 4.89 Å². The molecule has 2 aliphatic rings. The van der Waals surface area contributed by atoms with Crippen molar-refractivity contribution in [3.8, 4) is 0 Å². The molecule has 4 aromatic rings. The average molecular weight is 638 g/mol. The van der Waals surface area contributed by atoms with Gasteiger partial charge < -0.3 is 15.7 Å². The normalized spacial score (nSPS) is 13.9. The number of hydrogen-bond acceptors (Lipinski definition) is 15. The first-order valence-corrected chi connectivity index (χ1v) is 14.2. The molecule has 7 N–H and O–H groups in total. The summed E-state index contributed by atoms with van der Waals surface area (Å²) in [6, 6.07) is 0.981. The summed E-state index contributed by atoms with van der Waals surface area (Å²) >= 11 is 14.3. The third-order valence-corrected chi connectivity index (χ3v) is 6.61. The molecule has 20 heteroatoms. The first kappa shape index (κ1) is 31.8. The predicted octanol–water partition coefficient (Wildman–Crippen LogP) is 4.58. The van der Waals surface area contributed by atoms with Crippen LogP contribution in [0.3, 0.4) is 0 Å². The van der Waals surface area contributed by atoms with Gasteiger partial charge in [0.1, 0.15) is 16.7 Å². The number of aromatic amines is 2. The number of aromatic nitrogens is 8. The van der Waals surface area contributed by atoms with E-state index in [1.54, 1.807) is 11.8 Å². The van der Waals surface area contributed by atoms with Crippen LogP contribution in [0.15, 0.2) is 10.1 Å². The maximum absolute atomic E-state index is 9.00. The van der Waals surface area contributed by atoms with Crippen molar-refractivity contribution < 1.29 is 29.6 Å². The highest BCUT2D eigenvalue weighted by atomic mass is 35.5. The van der Waals surface area contributed by atoms with E-state index < -0.39 is 5.97 Å². The van der Waals surface area contributed by atoms with E-state index in [4.69, 9.17) is 48.0 Å². The quantitative estimate of drug-likeness (QED) is 0.0461. The highest BCUT2D eigenvalue weighted by molar-refractivity contribution is 7.98. The van der Waals surface area contributed by atoms with E-state index in [2.05, 4.69) is 55.9 Å². The number of anilines is 2. The molecule has 0 aliphatic heterocycles. The molecule has 0 amide bonds. The van der Waals surface area contributed by atoms with Crippen LogP contribution in [-0.4, -0.2) is 87.4 Å². The number of aliphatic carboxylic acids is 1. The van der Waals surface area contributed by atoms with Crippen LogP contribution in [0.5, 0.6) is 0 Å². The number of carboxylic acids is 1. The van der Waals surface area contributed by atoms with Crippen molar-refractivity contribution in [2.45, 2.75) is 54.7 Å². The number of halogens is 2. The van der Waals surface area contributed by atoms with E-state index >= 15 is 0 Å². The van der Waals surface area contributed by atoms with Crippen molar-refractivity contribution in [1.82, 2.24) is 40.3 Å². The second-order valence-corrected chi connectivity index (χ2v) is 10.2. The molecule has 2 fully saturated rings. The summed E-state index contributed by atoms with van der Waals surface area (Å²) in [6.45, 7) is 1.08. The summed E-state index contributed by atoms with van der Waals surface area (Å²) in [7, 11) is 1.43. The lowest BCUT2D eigenvalue weighted by Gasteiger charge is -2.05. The lowest BCUT2D eigenvalue weighted by atomic mass is 10.4. The van der Waals surface area contributed by atoms with Gasteiger partial charge in [-0.1, -0.05) is 0 Å². The molecule has 6 rings (SSSR count). The van der Waals surface area contributed by atoms with Gasteiger partial charge in [0.15, 0.2) is 16.3 Å². The standard InChI is InChI=1S/C9H10ClN5O2S.C9H10ClN5S.C2H4O2.H2O2/c1-16-17-18-8-5-6(11-4-2-3-4)12-9(10)13-7(5)14-15-8;1-16-8-5-6(11-4-2-3-4)12-9(10)13-7(5)14-15-8;1-2(3)4;1-2/h4H,2-3H2,1H3,(H2,11,12,13,14,15);4H,2-3H2,1H3,(H2,11,12,13,14,15);1H3,(H,3,4);1-2H. The fraction of sp³-hybridized carbons (Fsp3) is 0.450. The molecule has 4 heterocycles. The summed E-state index contributed by atoms with van der Waals surface area (Å²) in [5.41, 5.74) is 1.26. The fourth-order valence-corrected chi connectivity index (χ4v) is 4.44. The molecule has 0 atom stereocenters. The van der Waals surface area contributed by atoms with Gasteiger partial charge in [-0.05, 0) is 55.1 Å². The Morgan fingerprint density at radius 3 is 1.73 bits per heavy atom. The summed E-state index contributed by atoms with van der Waals surface area (Å²) < 4.78 is 4.81. The Hall–Kier alpha value is -2.71. The lowest BCUT2D eigenvalue weighted by Crippen LogP contribution is -2.04. The van der Waals surface area contributed by atoms with Crippen molar-refractivity contribution in [2.24, 2.45) is 0 Å². The van der Waals surface area contributed by atoms with Gasteiger partial charge in [-0.2, -0.15) is 34.5 Å². The molecule has 0 bridgehead atoms. The second kappa shape index (κ2) is 15.3. The van der Waals surface area contributed by atoms with E-state index in [0.29, 0.717) is 34.2 Å². The van der Waals surface area contributed by atoms with Crippen LogP contribution >= 0.6 is 47.0 Å². The molecule has 2 aliphatic carbocycles. The Bertz CT molecular complexity index is 1420. The maximum atomic E-state index is 9.00. The molecule has 0 radical (unpaired) electrons. The zero-order valence-corrected chi connectivity index (χ0v) is 24.5. The first-order chi connectivity index (χ1) is 19.3. The van der Waals surface area contributed by atoms with Crippen LogP contribution < -0.4 is 10.6 Å². The first-order valence-electron chi connectivity index (χ1n) is 11.5. The third kappa shape index (κ3) is 9.16. The van der Waals surface area contributed by atoms with Crippen molar-refractivity contribution in [3.63, 3.8) is 0 Å². The minimum absolute atomic E-state index is 0.179. The molecular weight excluding hydrogens is 611 g/mol. The van der Waals surface area contributed by atoms with Crippen LogP contribution in [0.1, 0.15) is 32.6 Å². The number of H-pyrrole nitrogens is 2. The Kier molecular flexibility index (Phi) is 12.2. The minimum atomic E-state index is -0.833. The summed E-state index contributed by atoms with van der Waals surface area (Å²) in [5.74, 6) is 0.624. The number of carboxylic acid groups (broad SMARTS) is 1. The van der Waals surface area contributed by atoms with Gasteiger partial charge in [0, 0.05) is 19.0 Å². The Labute approximate surface area is 245 Å². The summed E-state index contributed by atoms with van der Waals surface area (Å²) in [4.78, 5) is 30.2. The molecule has 0 unspecified atom stereocenters. The Morgan fingerprint density at radius 2 is 1.32 bits per heavy atom. The number of nitrogens with zero attached hydrogens (tertiary/aromatic N) is 6. The van der Waals surface area contributed by atoms with Crippen molar-refractivity contribution in [2.75, 3.05) is 24.0 Å². The lowest BCUT2D eigenvalue weighted by molar-refractivity contribution is -0.176. The molecule has 0 saturated heterocycles. The topological polar surface area (TPSA) is 229 Å². The molecular formula is C20H26Cl2N10O6S2. The Morgan fingerprint density at radius 1 is 0.900 bits per heavy atom. The maximum Gasteiger partial charge on any atom is 0.300 e. The SMILES string of the molecule is CC(=O)O.COOSc1n[nH]c2nc(Cl)nc(NC3CC3)c12.CSc1n[nH]c2nc(Cl)nc(NC3CC3)c12.OO. The molecule has 4 aromatic heterocycles. The Balaban J connectivity index is 0.000000186. The van der Waals surface area contributed by atoms with Crippen molar-refractivity contribution >= 4 is 86.7 Å².